The van der Waals surface area contributed by atoms with Crippen LogP contribution in [0.4, 0.5) is 0 Å². The van der Waals surface area contributed by atoms with Gasteiger partial charge in [-0.2, -0.15) is 17.0 Å². The third-order valence-corrected chi connectivity index (χ3v) is 4.94. The molecule has 0 aromatic carbocycles. The van der Waals surface area contributed by atoms with Gasteiger partial charge in [0.15, 0.2) is 0 Å². The first-order valence-electron chi connectivity index (χ1n) is 5.81. The van der Waals surface area contributed by atoms with Crippen molar-refractivity contribution in [3.05, 3.63) is 0 Å². The highest BCUT2D eigenvalue weighted by Gasteiger charge is 2.33. The molecule has 0 N–H and O–H groups in total. The Labute approximate surface area is 113 Å². The zero-order chi connectivity index (χ0) is 14.6. The summed E-state index contributed by atoms with van der Waals surface area (Å²) in [4.78, 5) is 24.0. The predicted octanol–water partition coefficient (Wildman–Crippen LogP) is -1.50. The van der Waals surface area contributed by atoms with Crippen LogP contribution in [0.5, 0.6) is 0 Å². The summed E-state index contributed by atoms with van der Waals surface area (Å²) in [6.07, 6.45) is -0.0199. The van der Waals surface area contributed by atoms with Crippen molar-refractivity contribution in [2.45, 2.75) is 6.42 Å². The molecule has 0 aliphatic carbocycles. The molecule has 1 fully saturated rings. The molecule has 0 aromatic heterocycles. The Morgan fingerprint density at radius 3 is 2.58 bits per heavy atom. The first-order valence-corrected chi connectivity index (χ1v) is 7.21. The van der Waals surface area contributed by atoms with Crippen LogP contribution in [0.25, 0.3) is 0 Å². The average molecular weight is 293 g/mol. The molecule has 0 radical (unpaired) electrons. The van der Waals surface area contributed by atoms with Gasteiger partial charge in [0.25, 0.3) is 10.2 Å². The molecule has 1 heterocycles. The molecule has 1 rings (SSSR count). The van der Waals surface area contributed by atoms with Crippen LogP contribution < -0.4 is 0 Å². The number of hydrogen-bond donors (Lipinski definition) is 0. The molecule has 0 atom stereocenters. The minimum atomic E-state index is -3.71. The number of rotatable bonds is 5. The molecule has 0 spiro atoms. The number of methoxy groups -OCH3 is 1. The van der Waals surface area contributed by atoms with E-state index in [1.807, 2.05) is 0 Å². The Morgan fingerprint density at radius 2 is 2.05 bits per heavy atom. The zero-order valence-corrected chi connectivity index (χ0v) is 12.1. The van der Waals surface area contributed by atoms with Crippen molar-refractivity contribution in [3.8, 4) is 0 Å². The van der Waals surface area contributed by atoms with Crippen LogP contribution in [-0.4, -0.2) is 81.2 Å². The van der Waals surface area contributed by atoms with E-state index in [1.165, 1.54) is 19.1 Å². The predicted molar refractivity (Wildman–Crippen MR) is 67.4 cm³/mol. The largest absolute Gasteiger partial charge is 0.469 e. The van der Waals surface area contributed by atoms with Crippen LogP contribution in [0, 0.1) is 0 Å². The Morgan fingerprint density at radius 1 is 1.42 bits per heavy atom. The van der Waals surface area contributed by atoms with Gasteiger partial charge >= 0.3 is 5.97 Å². The van der Waals surface area contributed by atoms with Gasteiger partial charge in [-0.3, -0.25) is 9.59 Å². The van der Waals surface area contributed by atoms with Crippen LogP contribution in [0.1, 0.15) is 6.42 Å². The summed E-state index contributed by atoms with van der Waals surface area (Å²) >= 11 is 0. The highest BCUT2D eigenvalue weighted by molar-refractivity contribution is 7.86. The van der Waals surface area contributed by atoms with Gasteiger partial charge < -0.3 is 9.64 Å². The molecular weight excluding hydrogens is 274 g/mol. The topological polar surface area (TPSA) is 87.2 Å². The number of likely N-dealkylation sites (N-methyl/N-ethyl adjacent to an activating group) is 1. The van der Waals surface area contributed by atoms with E-state index in [0.29, 0.717) is 6.54 Å². The number of hydrogen-bond acceptors (Lipinski definition) is 5. The molecule has 9 heteroatoms. The summed E-state index contributed by atoms with van der Waals surface area (Å²) in [5.74, 6) is -0.715. The van der Waals surface area contributed by atoms with E-state index >= 15 is 0 Å². The first kappa shape index (κ1) is 15.9. The molecule has 19 heavy (non-hydrogen) atoms. The fourth-order valence-corrected chi connectivity index (χ4v) is 2.90. The second-order valence-electron chi connectivity index (χ2n) is 4.30. The third-order valence-electron chi connectivity index (χ3n) is 3.00. The summed E-state index contributed by atoms with van der Waals surface area (Å²) in [7, 11) is 0.543. The maximum Gasteiger partial charge on any atom is 0.306 e. The van der Waals surface area contributed by atoms with Crippen molar-refractivity contribution in [3.63, 3.8) is 0 Å². The number of ether oxygens (including phenoxy) is 1. The van der Waals surface area contributed by atoms with Gasteiger partial charge in [-0.25, -0.2) is 0 Å². The van der Waals surface area contributed by atoms with E-state index in [-0.39, 0.29) is 32.0 Å². The number of nitrogens with zero attached hydrogens (tertiary/aromatic N) is 3. The normalized spacial score (nSPS) is 17.9. The number of esters is 1. The van der Waals surface area contributed by atoms with E-state index in [0.717, 1.165) is 8.61 Å². The van der Waals surface area contributed by atoms with Gasteiger partial charge in [0.05, 0.1) is 20.1 Å². The second kappa shape index (κ2) is 6.31. The fourth-order valence-electron chi connectivity index (χ4n) is 1.60. The average Bonchev–Trinajstić information content (AvgIpc) is 2.38. The molecule has 1 saturated heterocycles. The minimum Gasteiger partial charge on any atom is -0.469 e. The highest BCUT2D eigenvalue weighted by Crippen LogP contribution is 2.11. The minimum absolute atomic E-state index is 0.0199. The van der Waals surface area contributed by atoms with Gasteiger partial charge in [0.2, 0.25) is 5.91 Å². The lowest BCUT2D eigenvalue weighted by molar-refractivity contribution is -0.140. The summed E-state index contributed by atoms with van der Waals surface area (Å²) in [5, 5.41) is 0. The lowest BCUT2D eigenvalue weighted by atomic mass is 10.4. The molecule has 1 aliphatic heterocycles. The van der Waals surface area contributed by atoms with Crippen molar-refractivity contribution < 1.29 is 22.7 Å². The van der Waals surface area contributed by atoms with Gasteiger partial charge in [0.1, 0.15) is 0 Å². The van der Waals surface area contributed by atoms with Crippen LogP contribution in [0.2, 0.25) is 0 Å². The molecule has 0 saturated carbocycles. The van der Waals surface area contributed by atoms with Crippen molar-refractivity contribution in [2.24, 2.45) is 0 Å². The maximum atomic E-state index is 12.2. The lowest BCUT2D eigenvalue weighted by Crippen LogP contribution is -2.54. The maximum absolute atomic E-state index is 12.2. The zero-order valence-electron chi connectivity index (χ0n) is 11.3. The molecule has 1 amide bonds. The van der Waals surface area contributed by atoms with E-state index in [2.05, 4.69) is 4.74 Å². The Kier molecular flexibility index (Phi) is 5.27. The Bertz CT molecular complexity index is 450. The first-order chi connectivity index (χ1) is 8.78. The van der Waals surface area contributed by atoms with Crippen LogP contribution in [-0.2, 0) is 24.5 Å². The second-order valence-corrected chi connectivity index (χ2v) is 6.34. The number of amides is 1. The SMILES string of the molecule is COC(=O)CCN(C)S(=O)(=O)N1CCN(C)C(=O)C1. The molecule has 8 nitrogen and oxygen atoms in total. The van der Waals surface area contributed by atoms with Gasteiger partial charge in [-0.15, -0.1) is 0 Å². The number of carbonyl (C=O) groups excluding carboxylic acids is 2. The van der Waals surface area contributed by atoms with E-state index in [9.17, 15) is 18.0 Å². The summed E-state index contributed by atoms with van der Waals surface area (Å²) < 4.78 is 31.0. The molecule has 110 valence electrons. The fraction of sp³-hybridized carbons (Fsp3) is 0.800. The van der Waals surface area contributed by atoms with Crippen molar-refractivity contribution >= 4 is 22.1 Å². The summed E-state index contributed by atoms with van der Waals surface area (Å²) in [6.45, 7) is 0.479. The summed E-state index contributed by atoms with van der Waals surface area (Å²) in [6, 6.07) is 0. The van der Waals surface area contributed by atoms with Gasteiger partial charge in [-0.05, 0) is 0 Å². The van der Waals surface area contributed by atoms with Gasteiger partial charge in [0, 0.05) is 33.7 Å². The Balaban J connectivity index is 2.64. The van der Waals surface area contributed by atoms with E-state index in [1.54, 1.807) is 7.05 Å². The molecule has 0 unspecified atom stereocenters. The molecule has 1 aliphatic rings. The van der Waals surface area contributed by atoms with Crippen molar-refractivity contribution in [1.82, 2.24) is 13.5 Å². The monoisotopic (exact) mass is 293 g/mol. The van der Waals surface area contributed by atoms with Crippen LogP contribution >= 0.6 is 0 Å². The Hall–Kier alpha value is -1.19. The lowest BCUT2D eigenvalue weighted by Gasteiger charge is -2.33. The smallest absolute Gasteiger partial charge is 0.306 e. The van der Waals surface area contributed by atoms with Gasteiger partial charge in [-0.1, -0.05) is 0 Å². The summed E-state index contributed by atoms with van der Waals surface area (Å²) in [5.41, 5.74) is 0. The standard InChI is InChI=1S/C10H19N3O5S/c1-11-6-7-13(8-9(11)14)19(16,17)12(2)5-4-10(15)18-3/h4-8H2,1-3H3. The van der Waals surface area contributed by atoms with Crippen molar-refractivity contribution in [2.75, 3.05) is 47.4 Å². The molecule has 0 bridgehead atoms. The van der Waals surface area contributed by atoms with Crippen LogP contribution in [0.3, 0.4) is 0 Å². The van der Waals surface area contributed by atoms with E-state index in [4.69, 9.17) is 0 Å². The van der Waals surface area contributed by atoms with E-state index < -0.39 is 16.2 Å². The number of carbonyl (C=O) groups is 2. The van der Waals surface area contributed by atoms with Crippen LogP contribution in [0.15, 0.2) is 0 Å². The van der Waals surface area contributed by atoms with Crippen molar-refractivity contribution in [1.29, 1.82) is 0 Å². The third kappa shape index (κ3) is 3.88. The highest BCUT2D eigenvalue weighted by atomic mass is 32.2. The molecular formula is C10H19N3O5S. The number of piperazine rings is 1. The quantitative estimate of drug-likeness (QED) is 0.576. The molecule has 0 aromatic rings.